The summed E-state index contributed by atoms with van der Waals surface area (Å²) < 4.78 is 0. The van der Waals surface area contributed by atoms with Gasteiger partial charge in [-0.1, -0.05) is 34.6 Å². The molecule has 74 valence electrons. The standard InChI is InChI=1S/C11H23Cl/c1-10(2,3)6-7-11(4,5)8-9-12/h6-9H2,1-5H3. The molecule has 0 nitrogen and oxygen atoms in total. The van der Waals surface area contributed by atoms with E-state index >= 15 is 0 Å². The van der Waals surface area contributed by atoms with Gasteiger partial charge in [0.15, 0.2) is 0 Å². The lowest BCUT2D eigenvalue weighted by Crippen LogP contribution is -2.16. The first-order chi connectivity index (χ1) is 5.27. The van der Waals surface area contributed by atoms with Crippen molar-refractivity contribution >= 4 is 11.6 Å². The second-order valence-electron chi connectivity index (χ2n) is 5.66. The number of alkyl halides is 1. The molecule has 0 unspecified atom stereocenters. The van der Waals surface area contributed by atoms with Crippen LogP contribution in [0, 0.1) is 10.8 Å². The molecule has 0 spiro atoms. The predicted molar refractivity (Wildman–Crippen MR) is 57.8 cm³/mol. The maximum atomic E-state index is 5.74. The smallest absolute Gasteiger partial charge is 0.0228 e. The van der Waals surface area contributed by atoms with Gasteiger partial charge < -0.3 is 0 Å². The molecule has 0 heterocycles. The highest BCUT2D eigenvalue weighted by molar-refractivity contribution is 6.17. The van der Waals surface area contributed by atoms with E-state index in [1.807, 2.05) is 0 Å². The van der Waals surface area contributed by atoms with Crippen LogP contribution >= 0.6 is 11.6 Å². The molecular weight excluding hydrogens is 168 g/mol. The van der Waals surface area contributed by atoms with E-state index in [4.69, 9.17) is 11.6 Å². The Kier molecular flexibility index (Phi) is 4.61. The van der Waals surface area contributed by atoms with Gasteiger partial charge in [0.05, 0.1) is 0 Å². The minimum Gasteiger partial charge on any atom is -0.127 e. The zero-order chi connectivity index (χ0) is 9.83. The Labute approximate surface area is 82.7 Å². The summed E-state index contributed by atoms with van der Waals surface area (Å²) in [5.74, 6) is 0.789. The zero-order valence-electron chi connectivity index (χ0n) is 9.21. The highest BCUT2D eigenvalue weighted by Crippen LogP contribution is 2.32. The van der Waals surface area contributed by atoms with Crippen LogP contribution in [0.25, 0.3) is 0 Å². The molecule has 0 saturated carbocycles. The molecule has 12 heavy (non-hydrogen) atoms. The van der Waals surface area contributed by atoms with Gasteiger partial charge >= 0.3 is 0 Å². The Morgan fingerprint density at radius 1 is 0.833 bits per heavy atom. The van der Waals surface area contributed by atoms with Crippen LogP contribution in [0.3, 0.4) is 0 Å². The molecule has 0 aromatic carbocycles. The third-order valence-corrected chi connectivity index (χ3v) is 2.51. The number of hydrogen-bond acceptors (Lipinski definition) is 0. The van der Waals surface area contributed by atoms with E-state index in [0.29, 0.717) is 10.8 Å². The fourth-order valence-corrected chi connectivity index (χ4v) is 1.61. The molecule has 1 heteroatoms. The van der Waals surface area contributed by atoms with Gasteiger partial charge in [-0.25, -0.2) is 0 Å². The molecule has 0 aromatic heterocycles. The van der Waals surface area contributed by atoms with Crippen LogP contribution in [0.2, 0.25) is 0 Å². The van der Waals surface area contributed by atoms with Crippen molar-refractivity contribution in [2.75, 3.05) is 5.88 Å². The van der Waals surface area contributed by atoms with Crippen LogP contribution in [-0.4, -0.2) is 5.88 Å². The van der Waals surface area contributed by atoms with Crippen molar-refractivity contribution in [3.63, 3.8) is 0 Å². The molecule has 0 aliphatic carbocycles. The number of halogens is 1. The van der Waals surface area contributed by atoms with Crippen molar-refractivity contribution in [1.82, 2.24) is 0 Å². The van der Waals surface area contributed by atoms with E-state index in [1.54, 1.807) is 0 Å². The van der Waals surface area contributed by atoms with E-state index in [-0.39, 0.29) is 0 Å². The summed E-state index contributed by atoms with van der Waals surface area (Å²) in [6, 6.07) is 0. The van der Waals surface area contributed by atoms with Crippen LogP contribution in [0.1, 0.15) is 53.9 Å². The Balaban J connectivity index is 3.75. The van der Waals surface area contributed by atoms with Crippen LogP contribution in [0.5, 0.6) is 0 Å². The van der Waals surface area contributed by atoms with Gasteiger partial charge in [-0.3, -0.25) is 0 Å². The summed E-state index contributed by atoms with van der Waals surface area (Å²) in [7, 11) is 0. The fourth-order valence-electron chi connectivity index (χ4n) is 1.09. The molecule has 0 bridgehead atoms. The van der Waals surface area contributed by atoms with Crippen LogP contribution < -0.4 is 0 Å². The van der Waals surface area contributed by atoms with E-state index in [1.165, 1.54) is 12.8 Å². The first kappa shape index (κ1) is 12.3. The quantitative estimate of drug-likeness (QED) is 0.574. The van der Waals surface area contributed by atoms with Gasteiger partial charge in [0.1, 0.15) is 0 Å². The monoisotopic (exact) mass is 190 g/mol. The van der Waals surface area contributed by atoms with Crippen LogP contribution in [-0.2, 0) is 0 Å². The summed E-state index contributed by atoms with van der Waals surface area (Å²) in [6.07, 6.45) is 3.70. The van der Waals surface area contributed by atoms with Crippen molar-refractivity contribution in [2.24, 2.45) is 10.8 Å². The fraction of sp³-hybridized carbons (Fsp3) is 1.00. The average Bonchev–Trinajstić information content (AvgIpc) is 1.83. The summed E-state index contributed by atoms with van der Waals surface area (Å²) >= 11 is 5.74. The normalized spacial score (nSPS) is 13.5. The van der Waals surface area contributed by atoms with Crippen molar-refractivity contribution in [1.29, 1.82) is 0 Å². The Bertz CT molecular complexity index is 119. The highest BCUT2D eigenvalue weighted by atomic mass is 35.5. The van der Waals surface area contributed by atoms with E-state index in [9.17, 15) is 0 Å². The Hall–Kier alpha value is 0.290. The van der Waals surface area contributed by atoms with Crippen molar-refractivity contribution in [3.8, 4) is 0 Å². The molecule has 0 amide bonds. The highest BCUT2D eigenvalue weighted by Gasteiger charge is 2.20. The molecule has 0 atom stereocenters. The molecule has 0 fully saturated rings. The largest absolute Gasteiger partial charge is 0.127 e. The molecule has 0 radical (unpaired) electrons. The lowest BCUT2D eigenvalue weighted by Gasteiger charge is -2.28. The van der Waals surface area contributed by atoms with Crippen LogP contribution in [0.4, 0.5) is 0 Å². The zero-order valence-corrected chi connectivity index (χ0v) is 9.96. The van der Waals surface area contributed by atoms with Gasteiger partial charge in [-0.2, -0.15) is 0 Å². The van der Waals surface area contributed by atoms with E-state index in [0.717, 1.165) is 12.3 Å². The number of rotatable bonds is 4. The first-order valence-electron chi connectivity index (χ1n) is 4.83. The van der Waals surface area contributed by atoms with E-state index in [2.05, 4.69) is 34.6 Å². The molecule has 0 rings (SSSR count). The lowest BCUT2D eigenvalue weighted by atomic mass is 9.79. The molecule has 0 aliphatic rings. The van der Waals surface area contributed by atoms with Gasteiger partial charge in [0.2, 0.25) is 0 Å². The van der Waals surface area contributed by atoms with E-state index < -0.39 is 0 Å². The molecule has 0 aliphatic heterocycles. The number of hydrogen-bond donors (Lipinski definition) is 0. The summed E-state index contributed by atoms with van der Waals surface area (Å²) in [5, 5.41) is 0. The second-order valence-corrected chi connectivity index (χ2v) is 6.04. The SMILES string of the molecule is CC(C)(C)CCC(C)(C)CCCl. The third kappa shape index (κ3) is 6.97. The molecule has 0 aromatic rings. The van der Waals surface area contributed by atoms with Crippen molar-refractivity contribution in [2.45, 2.75) is 53.9 Å². The van der Waals surface area contributed by atoms with Crippen molar-refractivity contribution < 1.29 is 0 Å². The average molecular weight is 191 g/mol. The third-order valence-electron chi connectivity index (χ3n) is 2.32. The molecule has 0 saturated heterocycles. The Morgan fingerprint density at radius 2 is 1.33 bits per heavy atom. The topological polar surface area (TPSA) is 0 Å². The first-order valence-corrected chi connectivity index (χ1v) is 5.36. The summed E-state index contributed by atoms with van der Waals surface area (Å²) in [6.45, 7) is 11.5. The predicted octanol–water partition coefficient (Wildman–Crippen LogP) is 4.47. The van der Waals surface area contributed by atoms with Gasteiger partial charge in [-0.05, 0) is 30.1 Å². The minimum atomic E-state index is 0.426. The summed E-state index contributed by atoms with van der Waals surface area (Å²) in [5.41, 5.74) is 0.888. The molecular formula is C11H23Cl. The Morgan fingerprint density at radius 3 is 1.67 bits per heavy atom. The van der Waals surface area contributed by atoms with Crippen molar-refractivity contribution in [3.05, 3.63) is 0 Å². The van der Waals surface area contributed by atoms with Gasteiger partial charge in [-0.15, -0.1) is 11.6 Å². The maximum Gasteiger partial charge on any atom is 0.0228 e. The van der Waals surface area contributed by atoms with Gasteiger partial charge in [0, 0.05) is 5.88 Å². The van der Waals surface area contributed by atoms with Crippen LogP contribution in [0.15, 0.2) is 0 Å². The minimum absolute atomic E-state index is 0.426. The molecule has 0 N–H and O–H groups in total. The maximum absolute atomic E-state index is 5.74. The lowest BCUT2D eigenvalue weighted by molar-refractivity contribution is 0.249. The second kappa shape index (κ2) is 4.50. The summed E-state index contributed by atoms with van der Waals surface area (Å²) in [4.78, 5) is 0. The van der Waals surface area contributed by atoms with Gasteiger partial charge in [0.25, 0.3) is 0 Å².